The molecule has 1 amide bonds. The SMILES string of the molecule is N#CCCN(CCC#N)C(=O)CN1CCN(c2ccc([N+](=O)[O-])cc2)CC1. The standard InChI is InChI=1S/C18H22N6O3/c19-7-1-9-23(10-2-8-20)18(25)15-21-11-13-22(14-12-21)16-3-5-17(6-4-16)24(26)27/h3-6H,1-2,9-15H2. The number of hydrogen-bond donors (Lipinski definition) is 0. The molecule has 1 saturated heterocycles. The Morgan fingerprint density at radius 1 is 1.07 bits per heavy atom. The number of amides is 1. The van der Waals surface area contributed by atoms with Crippen molar-refractivity contribution in [3.63, 3.8) is 0 Å². The van der Waals surface area contributed by atoms with Crippen LogP contribution in [0, 0.1) is 32.8 Å². The fraction of sp³-hybridized carbons (Fsp3) is 0.500. The van der Waals surface area contributed by atoms with Crippen molar-refractivity contribution >= 4 is 17.3 Å². The van der Waals surface area contributed by atoms with Crippen molar-refractivity contribution in [1.29, 1.82) is 10.5 Å². The molecule has 0 aliphatic carbocycles. The van der Waals surface area contributed by atoms with E-state index in [2.05, 4.69) is 9.80 Å². The minimum atomic E-state index is -0.419. The lowest BCUT2D eigenvalue weighted by molar-refractivity contribution is -0.384. The molecule has 0 N–H and O–H groups in total. The zero-order valence-corrected chi connectivity index (χ0v) is 15.1. The quantitative estimate of drug-likeness (QED) is 0.501. The molecule has 0 spiro atoms. The van der Waals surface area contributed by atoms with Crippen LogP contribution in [0.3, 0.4) is 0 Å². The van der Waals surface area contributed by atoms with Crippen molar-refractivity contribution in [3.8, 4) is 12.1 Å². The molecular formula is C18H22N6O3. The topological polar surface area (TPSA) is 118 Å². The van der Waals surface area contributed by atoms with Crippen molar-refractivity contribution in [1.82, 2.24) is 9.80 Å². The van der Waals surface area contributed by atoms with Gasteiger partial charge in [0.2, 0.25) is 5.91 Å². The second-order valence-electron chi connectivity index (χ2n) is 6.23. The summed E-state index contributed by atoms with van der Waals surface area (Å²) in [6.07, 6.45) is 0.510. The minimum Gasteiger partial charge on any atom is -0.369 e. The highest BCUT2D eigenvalue weighted by Gasteiger charge is 2.22. The van der Waals surface area contributed by atoms with Gasteiger partial charge in [-0.1, -0.05) is 0 Å². The first-order chi connectivity index (χ1) is 13.0. The van der Waals surface area contributed by atoms with E-state index in [0.29, 0.717) is 26.2 Å². The second kappa shape index (κ2) is 10.1. The first kappa shape index (κ1) is 20.1. The maximum Gasteiger partial charge on any atom is 0.269 e. The number of piperazine rings is 1. The van der Waals surface area contributed by atoms with E-state index in [9.17, 15) is 14.9 Å². The van der Waals surface area contributed by atoms with Crippen molar-refractivity contribution in [3.05, 3.63) is 34.4 Å². The van der Waals surface area contributed by atoms with E-state index >= 15 is 0 Å². The summed E-state index contributed by atoms with van der Waals surface area (Å²) in [5.74, 6) is -0.0655. The zero-order chi connectivity index (χ0) is 19.6. The maximum atomic E-state index is 12.5. The van der Waals surface area contributed by atoms with Crippen LogP contribution in [0.2, 0.25) is 0 Å². The number of nitrogens with zero attached hydrogens (tertiary/aromatic N) is 6. The van der Waals surface area contributed by atoms with Gasteiger partial charge >= 0.3 is 0 Å². The van der Waals surface area contributed by atoms with E-state index in [1.807, 2.05) is 12.1 Å². The second-order valence-corrected chi connectivity index (χ2v) is 6.23. The van der Waals surface area contributed by atoms with Crippen molar-refractivity contribution in [2.75, 3.05) is 50.7 Å². The number of nitriles is 2. The van der Waals surface area contributed by atoms with Crippen molar-refractivity contribution in [2.45, 2.75) is 12.8 Å². The summed E-state index contributed by atoms with van der Waals surface area (Å²) >= 11 is 0. The Morgan fingerprint density at radius 2 is 1.63 bits per heavy atom. The van der Waals surface area contributed by atoms with Gasteiger partial charge in [-0.25, -0.2) is 0 Å². The largest absolute Gasteiger partial charge is 0.369 e. The average Bonchev–Trinajstić information content (AvgIpc) is 2.68. The summed E-state index contributed by atoms with van der Waals surface area (Å²) in [7, 11) is 0. The van der Waals surface area contributed by atoms with Crippen LogP contribution >= 0.6 is 0 Å². The van der Waals surface area contributed by atoms with Gasteiger partial charge in [-0.05, 0) is 12.1 Å². The van der Waals surface area contributed by atoms with Gasteiger partial charge < -0.3 is 9.80 Å². The highest BCUT2D eigenvalue weighted by Crippen LogP contribution is 2.20. The van der Waals surface area contributed by atoms with E-state index in [1.165, 1.54) is 12.1 Å². The lowest BCUT2D eigenvalue weighted by atomic mass is 10.2. The van der Waals surface area contributed by atoms with E-state index in [0.717, 1.165) is 18.8 Å². The predicted octanol–water partition coefficient (Wildman–Crippen LogP) is 1.37. The summed E-state index contributed by atoms with van der Waals surface area (Å²) in [5, 5.41) is 28.2. The number of non-ortho nitro benzene ring substituents is 1. The van der Waals surface area contributed by atoms with E-state index < -0.39 is 4.92 Å². The van der Waals surface area contributed by atoms with Gasteiger partial charge in [0.15, 0.2) is 0 Å². The molecule has 0 bridgehead atoms. The fourth-order valence-corrected chi connectivity index (χ4v) is 2.97. The molecule has 1 aliphatic heterocycles. The smallest absolute Gasteiger partial charge is 0.269 e. The molecule has 1 fully saturated rings. The first-order valence-corrected chi connectivity index (χ1v) is 8.78. The fourth-order valence-electron chi connectivity index (χ4n) is 2.97. The predicted molar refractivity (Wildman–Crippen MR) is 98.8 cm³/mol. The third kappa shape index (κ3) is 5.94. The molecular weight excluding hydrogens is 348 g/mol. The molecule has 142 valence electrons. The molecule has 1 aromatic rings. The van der Waals surface area contributed by atoms with Crippen LogP contribution in [0.5, 0.6) is 0 Å². The van der Waals surface area contributed by atoms with E-state index in [1.54, 1.807) is 17.0 Å². The van der Waals surface area contributed by atoms with Gasteiger partial charge in [0.05, 0.1) is 36.4 Å². The molecule has 1 aliphatic rings. The summed E-state index contributed by atoms with van der Waals surface area (Å²) in [4.78, 5) is 28.5. The van der Waals surface area contributed by atoms with Crippen molar-refractivity contribution < 1.29 is 9.72 Å². The number of nitro groups is 1. The molecule has 9 nitrogen and oxygen atoms in total. The minimum absolute atomic E-state index is 0.0655. The van der Waals surface area contributed by atoms with Crippen LogP contribution in [-0.4, -0.2) is 66.4 Å². The van der Waals surface area contributed by atoms with E-state index in [-0.39, 0.29) is 31.0 Å². The summed E-state index contributed by atoms with van der Waals surface area (Å²) in [6, 6.07) is 10.5. The van der Waals surface area contributed by atoms with Crippen LogP contribution in [0.25, 0.3) is 0 Å². The van der Waals surface area contributed by atoms with Crippen LogP contribution in [-0.2, 0) is 4.79 Å². The number of rotatable bonds is 8. The molecule has 27 heavy (non-hydrogen) atoms. The summed E-state index contributed by atoms with van der Waals surface area (Å²) < 4.78 is 0. The molecule has 0 unspecified atom stereocenters. The monoisotopic (exact) mass is 370 g/mol. The number of anilines is 1. The van der Waals surface area contributed by atoms with Gasteiger partial charge in [0.25, 0.3) is 5.69 Å². The average molecular weight is 370 g/mol. The van der Waals surface area contributed by atoms with Crippen LogP contribution < -0.4 is 4.90 Å². The molecule has 2 rings (SSSR count). The lowest BCUT2D eigenvalue weighted by Gasteiger charge is -2.36. The number of benzene rings is 1. The summed E-state index contributed by atoms with van der Waals surface area (Å²) in [5.41, 5.74) is 0.994. The Bertz CT molecular complexity index is 711. The number of carbonyl (C=O) groups is 1. The van der Waals surface area contributed by atoms with Crippen LogP contribution in [0.1, 0.15) is 12.8 Å². The third-order valence-electron chi connectivity index (χ3n) is 4.50. The Morgan fingerprint density at radius 3 is 2.11 bits per heavy atom. The Kier molecular flexibility index (Phi) is 7.53. The molecule has 0 atom stereocenters. The maximum absolute atomic E-state index is 12.5. The highest BCUT2D eigenvalue weighted by molar-refractivity contribution is 5.78. The first-order valence-electron chi connectivity index (χ1n) is 8.78. The van der Waals surface area contributed by atoms with Gasteiger partial charge in [-0.3, -0.25) is 19.8 Å². The molecule has 1 heterocycles. The van der Waals surface area contributed by atoms with Gasteiger partial charge in [-0.2, -0.15) is 10.5 Å². The molecule has 9 heteroatoms. The molecule has 1 aromatic carbocycles. The van der Waals surface area contributed by atoms with Crippen LogP contribution in [0.4, 0.5) is 11.4 Å². The molecule has 0 radical (unpaired) electrons. The third-order valence-corrected chi connectivity index (χ3v) is 4.50. The van der Waals surface area contributed by atoms with Crippen LogP contribution in [0.15, 0.2) is 24.3 Å². The number of nitro benzene ring substituents is 1. The van der Waals surface area contributed by atoms with Gasteiger partial charge in [-0.15, -0.1) is 0 Å². The Labute approximate surface area is 158 Å². The molecule has 0 saturated carbocycles. The number of carbonyl (C=O) groups excluding carboxylic acids is 1. The zero-order valence-electron chi connectivity index (χ0n) is 15.1. The molecule has 0 aromatic heterocycles. The van der Waals surface area contributed by atoms with Gasteiger partial charge in [0.1, 0.15) is 0 Å². The van der Waals surface area contributed by atoms with Crippen molar-refractivity contribution in [2.24, 2.45) is 0 Å². The Balaban J connectivity index is 1.85. The highest BCUT2D eigenvalue weighted by atomic mass is 16.6. The summed E-state index contributed by atoms with van der Waals surface area (Å²) in [6.45, 7) is 3.81. The Hall–Kier alpha value is -3.17. The number of hydrogen-bond acceptors (Lipinski definition) is 7. The lowest BCUT2D eigenvalue weighted by Crippen LogP contribution is -2.50. The normalized spacial score (nSPS) is 14.2. The van der Waals surface area contributed by atoms with Gasteiger partial charge in [0, 0.05) is 57.1 Å². The van der Waals surface area contributed by atoms with E-state index in [4.69, 9.17) is 10.5 Å².